The standard InChI is InChI=1S/C13H20N2O4/c1-4-6-15(9-11(16)14(2)3)8-10-5-7-19-12(10)13(17)18/h5,7H,4,6,8-9H2,1-3H3,(H,17,18). The van der Waals surface area contributed by atoms with Gasteiger partial charge in [0, 0.05) is 26.2 Å². The summed E-state index contributed by atoms with van der Waals surface area (Å²) in [5.74, 6) is -1.15. The molecule has 0 saturated carbocycles. The Morgan fingerprint density at radius 3 is 2.58 bits per heavy atom. The van der Waals surface area contributed by atoms with Crippen molar-refractivity contribution >= 4 is 11.9 Å². The van der Waals surface area contributed by atoms with Gasteiger partial charge in [-0.1, -0.05) is 6.92 Å². The summed E-state index contributed by atoms with van der Waals surface area (Å²) < 4.78 is 4.94. The minimum Gasteiger partial charge on any atom is -0.475 e. The third kappa shape index (κ3) is 4.40. The van der Waals surface area contributed by atoms with Gasteiger partial charge in [-0.3, -0.25) is 9.69 Å². The van der Waals surface area contributed by atoms with E-state index in [1.165, 1.54) is 11.2 Å². The molecule has 0 radical (unpaired) electrons. The van der Waals surface area contributed by atoms with Crippen molar-refractivity contribution in [2.75, 3.05) is 27.2 Å². The van der Waals surface area contributed by atoms with Gasteiger partial charge >= 0.3 is 5.97 Å². The summed E-state index contributed by atoms with van der Waals surface area (Å²) in [5.41, 5.74) is 0.590. The molecule has 1 N–H and O–H groups in total. The number of carboxylic acid groups (broad SMARTS) is 1. The highest BCUT2D eigenvalue weighted by atomic mass is 16.4. The zero-order chi connectivity index (χ0) is 14.4. The molecule has 6 nitrogen and oxygen atoms in total. The molecular weight excluding hydrogens is 248 g/mol. The summed E-state index contributed by atoms with van der Waals surface area (Å²) in [6, 6.07) is 1.63. The second kappa shape index (κ2) is 6.94. The number of likely N-dealkylation sites (N-methyl/N-ethyl adjacent to an activating group) is 1. The third-order valence-corrected chi connectivity index (χ3v) is 2.73. The average Bonchev–Trinajstić information content (AvgIpc) is 2.77. The van der Waals surface area contributed by atoms with Crippen molar-refractivity contribution in [1.29, 1.82) is 0 Å². The Hall–Kier alpha value is -1.82. The van der Waals surface area contributed by atoms with Crippen molar-refractivity contribution in [3.8, 4) is 0 Å². The van der Waals surface area contributed by atoms with Crippen LogP contribution in [0, 0.1) is 0 Å². The minimum atomic E-state index is -1.09. The van der Waals surface area contributed by atoms with Crippen LogP contribution in [0.4, 0.5) is 0 Å². The molecule has 1 amide bonds. The highest BCUT2D eigenvalue weighted by Crippen LogP contribution is 2.13. The molecule has 0 atom stereocenters. The van der Waals surface area contributed by atoms with Crippen molar-refractivity contribution in [3.05, 3.63) is 23.7 Å². The first-order valence-corrected chi connectivity index (χ1v) is 6.17. The Morgan fingerprint density at radius 1 is 1.37 bits per heavy atom. The van der Waals surface area contributed by atoms with Gasteiger partial charge in [0.05, 0.1) is 12.8 Å². The highest BCUT2D eigenvalue weighted by molar-refractivity contribution is 5.86. The lowest BCUT2D eigenvalue weighted by atomic mass is 10.2. The number of nitrogens with zero attached hydrogens (tertiary/aromatic N) is 2. The molecule has 0 aliphatic rings. The number of rotatable bonds is 7. The second-order valence-electron chi connectivity index (χ2n) is 4.58. The van der Waals surface area contributed by atoms with Crippen LogP contribution in [-0.4, -0.2) is 54.0 Å². The van der Waals surface area contributed by atoms with E-state index in [4.69, 9.17) is 9.52 Å². The third-order valence-electron chi connectivity index (χ3n) is 2.73. The van der Waals surface area contributed by atoms with Gasteiger partial charge in [0.15, 0.2) is 0 Å². The monoisotopic (exact) mass is 268 g/mol. The summed E-state index contributed by atoms with van der Waals surface area (Å²) in [7, 11) is 3.40. The van der Waals surface area contributed by atoms with Crippen LogP contribution in [-0.2, 0) is 11.3 Å². The number of carbonyl (C=O) groups is 2. The van der Waals surface area contributed by atoms with Crippen molar-refractivity contribution in [3.63, 3.8) is 0 Å². The van der Waals surface area contributed by atoms with E-state index in [1.54, 1.807) is 20.2 Å². The van der Waals surface area contributed by atoms with E-state index in [9.17, 15) is 9.59 Å². The average molecular weight is 268 g/mol. The summed E-state index contributed by atoms with van der Waals surface area (Å²) in [4.78, 5) is 26.1. The molecular formula is C13H20N2O4. The fraction of sp³-hybridized carbons (Fsp3) is 0.538. The van der Waals surface area contributed by atoms with E-state index in [0.29, 0.717) is 12.1 Å². The lowest BCUT2D eigenvalue weighted by molar-refractivity contribution is -0.130. The molecule has 0 aliphatic carbocycles. The highest BCUT2D eigenvalue weighted by Gasteiger charge is 2.18. The first-order chi connectivity index (χ1) is 8.95. The van der Waals surface area contributed by atoms with Crippen molar-refractivity contribution < 1.29 is 19.1 Å². The van der Waals surface area contributed by atoms with Crippen LogP contribution in [0.5, 0.6) is 0 Å². The fourth-order valence-corrected chi connectivity index (χ4v) is 1.75. The van der Waals surface area contributed by atoms with Gasteiger partial charge in [0.1, 0.15) is 0 Å². The SMILES string of the molecule is CCCN(CC(=O)N(C)C)Cc1ccoc1C(=O)O. The molecule has 1 aromatic rings. The van der Waals surface area contributed by atoms with Gasteiger partial charge in [-0.15, -0.1) is 0 Å². The molecule has 1 rings (SSSR count). The van der Waals surface area contributed by atoms with E-state index in [0.717, 1.165) is 13.0 Å². The molecule has 0 aliphatic heterocycles. The molecule has 0 saturated heterocycles. The topological polar surface area (TPSA) is 74.0 Å². The van der Waals surface area contributed by atoms with Gasteiger partial charge in [0.2, 0.25) is 11.7 Å². The van der Waals surface area contributed by atoms with E-state index in [1.807, 2.05) is 11.8 Å². The van der Waals surface area contributed by atoms with Crippen LogP contribution in [0.1, 0.15) is 29.5 Å². The smallest absolute Gasteiger partial charge is 0.372 e. The molecule has 6 heteroatoms. The zero-order valence-corrected chi connectivity index (χ0v) is 11.5. The number of carboxylic acids is 1. The lowest BCUT2D eigenvalue weighted by Gasteiger charge is -2.22. The van der Waals surface area contributed by atoms with E-state index in [-0.39, 0.29) is 18.2 Å². The fourth-order valence-electron chi connectivity index (χ4n) is 1.75. The number of hydrogen-bond acceptors (Lipinski definition) is 4. The van der Waals surface area contributed by atoms with E-state index in [2.05, 4.69) is 0 Å². The summed E-state index contributed by atoms with van der Waals surface area (Å²) in [6.45, 7) is 3.40. The van der Waals surface area contributed by atoms with Crippen LogP contribution in [0.25, 0.3) is 0 Å². The first kappa shape index (κ1) is 15.2. The molecule has 0 unspecified atom stereocenters. The first-order valence-electron chi connectivity index (χ1n) is 6.17. The number of furan rings is 1. The Bertz CT molecular complexity index is 440. The number of aromatic carboxylic acids is 1. The zero-order valence-electron chi connectivity index (χ0n) is 11.5. The molecule has 1 aromatic heterocycles. The molecule has 0 aromatic carbocycles. The maximum Gasteiger partial charge on any atom is 0.372 e. The van der Waals surface area contributed by atoms with Crippen LogP contribution in [0.15, 0.2) is 16.7 Å². The Morgan fingerprint density at radius 2 is 2.05 bits per heavy atom. The van der Waals surface area contributed by atoms with Crippen LogP contribution < -0.4 is 0 Å². The molecule has 1 heterocycles. The predicted octanol–water partition coefficient (Wildman–Crippen LogP) is 1.28. The predicted molar refractivity (Wildman–Crippen MR) is 69.9 cm³/mol. The molecule has 106 valence electrons. The van der Waals surface area contributed by atoms with Gasteiger partial charge in [-0.25, -0.2) is 4.79 Å². The Kier molecular flexibility index (Phi) is 5.57. The number of amides is 1. The normalized spacial score (nSPS) is 10.7. The van der Waals surface area contributed by atoms with Gasteiger partial charge in [-0.2, -0.15) is 0 Å². The van der Waals surface area contributed by atoms with Gasteiger partial charge < -0.3 is 14.4 Å². The van der Waals surface area contributed by atoms with Gasteiger partial charge in [-0.05, 0) is 19.0 Å². The Labute approximate surface area is 112 Å². The molecule has 19 heavy (non-hydrogen) atoms. The molecule has 0 fully saturated rings. The largest absolute Gasteiger partial charge is 0.475 e. The number of carbonyl (C=O) groups excluding carboxylic acids is 1. The quantitative estimate of drug-likeness (QED) is 0.806. The maximum atomic E-state index is 11.7. The van der Waals surface area contributed by atoms with E-state index < -0.39 is 5.97 Å². The van der Waals surface area contributed by atoms with Crippen molar-refractivity contribution in [1.82, 2.24) is 9.80 Å². The van der Waals surface area contributed by atoms with E-state index >= 15 is 0 Å². The number of hydrogen-bond donors (Lipinski definition) is 1. The second-order valence-corrected chi connectivity index (χ2v) is 4.58. The van der Waals surface area contributed by atoms with Crippen molar-refractivity contribution in [2.24, 2.45) is 0 Å². The molecule has 0 bridgehead atoms. The summed E-state index contributed by atoms with van der Waals surface area (Å²) in [5, 5.41) is 8.98. The molecule has 0 spiro atoms. The van der Waals surface area contributed by atoms with Crippen LogP contribution in [0.2, 0.25) is 0 Å². The minimum absolute atomic E-state index is 0.00572. The lowest BCUT2D eigenvalue weighted by Crippen LogP contribution is -2.36. The summed E-state index contributed by atoms with van der Waals surface area (Å²) >= 11 is 0. The van der Waals surface area contributed by atoms with Crippen LogP contribution in [0.3, 0.4) is 0 Å². The maximum absolute atomic E-state index is 11.7. The van der Waals surface area contributed by atoms with Crippen molar-refractivity contribution in [2.45, 2.75) is 19.9 Å². The van der Waals surface area contributed by atoms with Crippen LogP contribution >= 0.6 is 0 Å². The Balaban J connectivity index is 2.75. The van der Waals surface area contributed by atoms with Gasteiger partial charge in [0.25, 0.3) is 0 Å². The summed E-state index contributed by atoms with van der Waals surface area (Å²) in [6.07, 6.45) is 2.25.